The monoisotopic (exact) mass is 506 g/mol. The fourth-order valence-electron chi connectivity index (χ4n) is 4.95. The molecule has 3 rings (SSSR count). The van der Waals surface area contributed by atoms with Crippen LogP contribution in [0.25, 0.3) is 0 Å². The molecule has 2 fully saturated rings. The van der Waals surface area contributed by atoms with Gasteiger partial charge in [0.2, 0.25) is 17.6 Å². The van der Waals surface area contributed by atoms with E-state index in [-0.39, 0.29) is 36.0 Å². The number of guanidine groups is 1. The van der Waals surface area contributed by atoms with Gasteiger partial charge in [0, 0.05) is 30.6 Å². The highest BCUT2D eigenvalue weighted by Crippen LogP contribution is 2.29. The van der Waals surface area contributed by atoms with E-state index < -0.39 is 6.04 Å². The number of nitrogens with zero attached hydrogens (tertiary/aromatic N) is 4. The molecule has 0 bridgehead atoms. The Morgan fingerprint density at radius 1 is 1.26 bits per heavy atom. The first-order valence-corrected chi connectivity index (χ1v) is 13.4. The van der Waals surface area contributed by atoms with Crippen molar-refractivity contribution in [1.82, 2.24) is 15.2 Å². The zero-order valence-corrected chi connectivity index (χ0v) is 21.8. The van der Waals surface area contributed by atoms with Crippen LogP contribution in [0.5, 0.6) is 0 Å². The molecule has 0 radical (unpaired) electrons. The Morgan fingerprint density at radius 2 is 2.00 bits per heavy atom. The number of carbonyl (C=O) groups excluding carboxylic acids is 3. The maximum absolute atomic E-state index is 12.9. The smallest absolute Gasteiger partial charge is 0.240 e. The van der Waals surface area contributed by atoms with Gasteiger partial charge >= 0.3 is 0 Å². The number of Topliss-reactive ketones (excluding diaryl/α,β-unsaturated/α-hetero) is 1. The summed E-state index contributed by atoms with van der Waals surface area (Å²) in [5, 5.41) is 4.89. The van der Waals surface area contributed by atoms with Crippen LogP contribution in [-0.2, 0) is 9.59 Å². The summed E-state index contributed by atoms with van der Waals surface area (Å²) < 4.78 is 1.09. The molecule has 0 spiro atoms. The highest BCUT2D eigenvalue weighted by Gasteiger charge is 2.34. The Bertz CT molecular complexity index is 889. The fourth-order valence-corrected chi connectivity index (χ4v) is 5.58. The Balaban J connectivity index is 1.48. The third-order valence-corrected chi connectivity index (χ3v) is 7.98. The van der Waals surface area contributed by atoms with Gasteiger partial charge in [0.05, 0.1) is 39.8 Å². The van der Waals surface area contributed by atoms with Crippen molar-refractivity contribution in [2.75, 3.05) is 46.8 Å². The highest BCUT2D eigenvalue weighted by atomic mass is 32.1. The van der Waals surface area contributed by atoms with Gasteiger partial charge in [-0.25, -0.2) is 4.98 Å². The third-order valence-electron chi connectivity index (χ3n) is 7.19. The van der Waals surface area contributed by atoms with Gasteiger partial charge in [-0.05, 0) is 50.9 Å². The van der Waals surface area contributed by atoms with Crippen molar-refractivity contribution in [2.45, 2.75) is 51.0 Å². The maximum atomic E-state index is 12.9. The van der Waals surface area contributed by atoms with Gasteiger partial charge in [0.15, 0.2) is 11.0 Å². The topological polar surface area (TPSA) is 144 Å². The number of aromatic nitrogens is 1. The van der Waals surface area contributed by atoms with E-state index in [1.165, 1.54) is 37.3 Å². The number of hydrogen-bond donors (Lipinski definition) is 3. The van der Waals surface area contributed by atoms with Crippen LogP contribution in [0.3, 0.4) is 0 Å². The largest absolute Gasteiger partial charge is 0.370 e. The van der Waals surface area contributed by atoms with Gasteiger partial charge in [-0.3, -0.25) is 19.4 Å². The summed E-state index contributed by atoms with van der Waals surface area (Å²) in [7, 11) is 4.55. The Labute approximate surface area is 211 Å². The number of nitrogens with two attached hydrogens (primary N) is 2. The summed E-state index contributed by atoms with van der Waals surface area (Å²) in [5.74, 6) is 0.177. The van der Waals surface area contributed by atoms with Gasteiger partial charge in [0.1, 0.15) is 0 Å². The number of rotatable bonds is 12. The summed E-state index contributed by atoms with van der Waals surface area (Å²) in [6.45, 7) is 3.32. The lowest BCUT2D eigenvalue weighted by Gasteiger charge is -2.37. The lowest BCUT2D eigenvalue weighted by molar-refractivity contribution is -0.896. The van der Waals surface area contributed by atoms with Gasteiger partial charge < -0.3 is 26.2 Å². The van der Waals surface area contributed by atoms with Crippen molar-refractivity contribution in [3.05, 3.63) is 16.6 Å². The van der Waals surface area contributed by atoms with E-state index >= 15 is 0 Å². The number of hydrogen-bond acceptors (Lipinski definition) is 6. The molecule has 3 heterocycles. The van der Waals surface area contributed by atoms with E-state index in [9.17, 15) is 14.4 Å². The molecule has 5 N–H and O–H groups in total. The number of nitrogens with one attached hydrogen (secondary N) is 1. The molecule has 35 heavy (non-hydrogen) atoms. The second-order valence-corrected chi connectivity index (χ2v) is 11.3. The second kappa shape index (κ2) is 12.4. The molecule has 2 aliphatic rings. The van der Waals surface area contributed by atoms with Crippen LogP contribution >= 0.6 is 11.3 Å². The first kappa shape index (κ1) is 27.1. The minimum Gasteiger partial charge on any atom is -0.370 e. The van der Waals surface area contributed by atoms with E-state index in [1.807, 2.05) is 0 Å². The molecule has 2 amide bonds. The van der Waals surface area contributed by atoms with Crippen molar-refractivity contribution < 1.29 is 18.9 Å². The van der Waals surface area contributed by atoms with Crippen molar-refractivity contribution in [3.8, 4) is 0 Å². The zero-order chi connectivity index (χ0) is 25.4. The highest BCUT2D eigenvalue weighted by molar-refractivity contribution is 7.11. The Hall–Kier alpha value is -2.53. The summed E-state index contributed by atoms with van der Waals surface area (Å²) in [6.07, 6.45) is 7.68. The normalized spacial score (nSPS) is 21.0. The third kappa shape index (κ3) is 8.28. The summed E-state index contributed by atoms with van der Waals surface area (Å²) in [5.41, 5.74) is 10.7. The van der Waals surface area contributed by atoms with E-state index in [4.69, 9.17) is 11.5 Å². The molecular formula is C24H40N7O3S+. The summed E-state index contributed by atoms with van der Waals surface area (Å²) in [4.78, 5) is 48.2. The number of thiazole rings is 1. The molecule has 2 atom stereocenters. The Kier molecular flexibility index (Phi) is 9.62. The van der Waals surface area contributed by atoms with Crippen LogP contribution in [0, 0.1) is 11.8 Å². The number of amides is 2. The van der Waals surface area contributed by atoms with E-state index in [2.05, 4.69) is 29.4 Å². The number of aliphatic imine (C=N–C) groups is 1. The molecule has 0 saturated carbocycles. The van der Waals surface area contributed by atoms with Crippen molar-refractivity contribution >= 4 is 34.9 Å². The van der Waals surface area contributed by atoms with Crippen LogP contribution in [0.2, 0.25) is 0 Å². The van der Waals surface area contributed by atoms with Crippen LogP contribution < -0.4 is 16.8 Å². The fraction of sp³-hybridized carbons (Fsp3) is 0.708. The molecule has 11 heteroatoms. The Morgan fingerprint density at radius 3 is 2.66 bits per heavy atom. The lowest BCUT2D eigenvalue weighted by Crippen LogP contribution is -2.46. The van der Waals surface area contributed by atoms with E-state index in [1.54, 1.807) is 16.5 Å². The van der Waals surface area contributed by atoms with Crippen molar-refractivity contribution in [1.29, 1.82) is 0 Å². The molecule has 1 aromatic heterocycles. The molecular weight excluding hydrogens is 466 g/mol. The summed E-state index contributed by atoms with van der Waals surface area (Å²) >= 11 is 1.24. The van der Waals surface area contributed by atoms with Crippen LogP contribution in [0.15, 0.2) is 16.6 Å². The van der Waals surface area contributed by atoms with Crippen LogP contribution in [-0.4, -0.2) is 90.8 Å². The lowest BCUT2D eigenvalue weighted by atomic mass is 9.88. The predicted octanol–water partition coefficient (Wildman–Crippen LogP) is 0.979. The number of carbonyl (C=O) groups is 3. The van der Waals surface area contributed by atoms with Crippen molar-refractivity contribution in [3.63, 3.8) is 0 Å². The first-order chi connectivity index (χ1) is 16.6. The standard InChI is InChI=1S/C24H39N7O3S/c1-31(2)13-8-17(9-14-31)5-6-18-7-12-30(23(18)34)16-20(32)29-19(4-3-10-28-24(25)26)21(33)22-27-11-15-35-22/h11,15,17-19H,3-10,12-14,16H2,1-2H3,(H4-,25,26,28,29,32)/p+1/t18?,19-/m0/s1. The van der Waals surface area contributed by atoms with Crippen molar-refractivity contribution in [2.24, 2.45) is 28.3 Å². The summed E-state index contributed by atoms with van der Waals surface area (Å²) in [6, 6.07) is -0.731. The first-order valence-electron chi connectivity index (χ1n) is 12.5. The molecule has 10 nitrogen and oxygen atoms in total. The molecule has 194 valence electrons. The number of ketones is 1. The van der Waals surface area contributed by atoms with E-state index in [0.29, 0.717) is 36.9 Å². The zero-order valence-electron chi connectivity index (χ0n) is 20.9. The van der Waals surface area contributed by atoms with Crippen LogP contribution in [0.1, 0.15) is 54.7 Å². The van der Waals surface area contributed by atoms with Gasteiger partial charge in [-0.2, -0.15) is 0 Å². The number of quaternary nitrogens is 1. The molecule has 2 saturated heterocycles. The minimum absolute atomic E-state index is 0.000410. The predicted molar refractivity (Wildman–Crippen MR) is 137 cm³/mol. The molecule has 1 unspecified atom stereocenters. The molecule has 0 aromatic carbocycles. The average molecular weight is 507 g/mol. The van der Waals surface area contributed by atoms with Gasteiger partial charge in [0.25, 0.3) is 0 Å². The molecule has 0 aliphatic carbocycles. The number of likely N-dealkylation sites (tertiary alicyclic amines) is 2. The average Bonchev–Trinajstić information content (AvgIpc) is 3.45. The maximum Gasteiger partial charge on any atom is 0.240 e. The quantitative estimate of drug-likeness (QED) is 0.127. The van der Waals surface area contributed by atoms with E-state index in [0.717, 1.165) is 23.7 Å². The second-order valence-electron chi connectivity index (χ2n) is 10.4. The molecule has 2 aliphatic heterocycles. The molecule has 1 aromatic rings. The van der Waals surface area contributed by atoms with Gasteiger partial charge in [-0.1, -0.05) is 0 Å². The number of piperidine rings is 1. The minimum atomic E-state index is -0.731. The SMILES string of the molecule is C[N+]1(C)CCC(CCC2CCN(CC(=O)N[C@@H](CCCN=C(N)N)C(=O)c3nccs3)C2=O)CC1. The van der Waals surface area contributed by atoms with Gasteiger partial charge in [-0.15, -0.1) is 11.3 Å². The van der Waals surface area contributed by atoms with Crippen LogP contribution in [0.4, 0.5) is 0 Å².